The topological polar surface area (TPSA) is 44.8 Å². The fourth-order valence-corrected chi connectivity index (χ4v) is 4.82. The molecule has 1 aliphatic rings. The number of fused-ring (bicyclic) bond motifs is 3. The smallest absolute Gasteiger partial charge is 0.335 e. The molecule has 0 bridgehead atoms. The fourth-order valence-electron chi connectivity index (χ4n) is 4.82. The Morgan fingerprint density at radius 3 is 2.33 bits per heavy atom. The summed E-state index contributed by atoms with van der Waals surface area (Å²) in [6.07, 6.45) is 5.57. The third-order valence-electron chi connectivity index (χ3n) is 6.53. The molecule has 4 nitrogen and oxygen atoms in total. The van der Waals surface area contributed by atoms with Crippen LogP contribution >= 0.6 is 0 Å². The molecule has 0 N–H and O–H groups in total. The predicted molar refractivity (Wildman–Crippen MR) is 145 cm³/mol. The van der Waals surface area contributed by atoms with E-state index in [1.807, 2.05) is 31.2 Å². The summed E-state index contributed by atoms with van der Waals surface area (Å²) in [7, 11) is 0. The summed E-state index contributed by atoms with van der Waals surface area (Å²) in [6, 6.07) is 23.2. The Kier molecular flexibility index (Phi) is 8.96. The van der Waals surface area contributed by atoms with Crippen LogP contribution in [0, 0.1) is 0 Å². The van der Waals surface area contributed by atoms with Crippen LogP contribution in [0.2, 0.25) is 0 Å². The minimum absolute atomic E-state index is 0.318. The van der Waals surface area contributed by atoms with Crippen LogP contribution in [0.15, 0.2) is 72.8 Å². The Balaban J connectivity index is 1.46. The lowest BCUT2D eigenvalue weighted by Gasteiger charge is -2.15. The van der Waals surface area contributed by atoms with Crippen LogP contribution in [0.25, 0.3) is 16.7 Å². The summed E-state index contributed by atoms with van der Waals surface area (Å²) in [5.74, 6) is 0.476. The molecule has 1 unspecified atom stereocenters. The van der Waals surface area contributed by atoms with Crippen LogP contribution in [0.4, 0.5) is 0 Å². The minimum Gasteiger partial charge on any atom is -0.490 e. The molecule has 0 fully saturated rings. The molecule has 3 aromatic carbocycles. The molecule has 4 rings (SSSR count). The van der Waals surface area contributed by atoms with Crippen LogP contribution in [-0.2, 0) is 27.1 Å². The zero-order valence-electron chi connectivity index (χ0n) is 21.6. The second-order valence-corrected chi connectivity index (χ2v) is 8.96. The summed E-state index contributed by atoms with van der Waals surface area (Å²) < 4.78 is 16.8. The summed E-state index contributed by atoms with van der Waals surface area (Å²) in [5, 5.41) is 0. The minimum atomic E-state index is -0.587. The van der Waals surface area contributed by atoms with Crippen molar-refractivity contribution in [2.75, 3.05) is 19.8 Å². The van der Waals surface area contributed by atoms with Gasteiger partial charge in [-0.15, -0.1) is 0 Å². The van der Waals surface area contributed by atoms with E-state index in [9.17, 15) is 4.79 Å². The van der Waals surface area contributed by atoms with E-state index in [2.05, 4.69) is 55.5 Å². The van der Waals surface area contributed by atoms with E-state index in [-0.39, 0.29) is 5.97 Å². The Morgan fingerprint density at radius 1 is 0.861 bits per heavy atom. The molecular formula is C32H36O4. The van der Waals surface area contributed by atoms with Gasteiger partial charge in [0.25, 0.3) is 0 Å². The number of hydrogen-bond donors (Lipinski definition) is 0. The van der Waals surface area contributed by atoms with Crippen LogP contribution in [0.1, 0.15) is 55.9 Å². The predicted octanol–water partition coefficient (Wildman–Crippen LogP) is 7.03. The van der Waals surface area contributed by atoms with Crippen molar-refractivity contribution < 1.29 is 19.0 Å². The number of carbonyl (C=O) groups is 1. The first-order valence-corrected chi connectivity index (χ1v) is 13.1. The van der Waals surface area contributed by atoms with E-state index in [1.165, 1.54) is 46.2 Å². The highest BCUT2D eigenvalue weighted by molar-refractivity contribution is 6.02. The molecule has 188 valence electrons. The van der Waals surface area contributed by atoms with Gasteiger partial charge in [0.1, 0.15) is 12.4 Å². The van der Waals surface area contributed by atoms with Gasteiger partial charge in [-0.3, -0.25) is 0 Å². The Hall–Kier alpha value is -3.37. The lowest BCUT2D eigenvalue weighted by molar-refractivity contribution is -0.156. The van der Waals surface area contributed by atoms with Crippen LogP contribution in [0.5, 0.6) is 5.75 Å². The van der Waals surface area contributed by atoms with Crippen molar-refractivity contribution in [3.63, 3.8) is 0 Å². The number of benzene rings is 3. The number of rotatable bonds is 12. The lowest BCUT2D eigenvalue weighted by Crippen LogP contribution is -2.28. The molecule has 0 aliphatic heterocycles. The molecule has 0 spiro atoms. The normalized spacial score (nSPS) is 13.8. The summed E-state index contributed by atoms with van der Waals surface area (Å²) >= 11 is 0. The molecule has 0 heterocycles. The van der Waals surface area contributed by atoms with Gasteiger partial charge in [-0.25, -0.2) is 4.79 Å². The molecule has 36 heavy (non-hydrogen) atoms. The first-order valence-electron chi connectivity index (χ1n) is 13.1. The van der Waals surface area contributed by atoms with Crippen LogP contribution < -0.4 is 4.74 Å². The number of hydrogen-bond acceptors (Lipinski definition) is 4. The summed E-state index contributed by atoms with van der Waals surface area (Å²) in [6.45, 7) is 7.21. The maximum Gasteiger partial charge on any atom is 0.335 e. The van der Waals surface area contributed by atoms with E-state index < -0.39 is 6.10 Å². The van der Waals surface area contributed by atoms with Gasteiger partial charge in [-0.2, -0.15) is 0 Å². The first-order chi connectivity index (χ1) is 17.7. The van der Waals surface area contributed by atoms with Gasteiger partial charge < -0.3 is 14.2 Å². The summed E-state index contributed by atoms with van der Waals surface area (Å²) in [4.78, 5) is 12.1. The number of unbranched alkanes of at least 4 members (excludes halogenated alkanes) is 1. The lowest BCUT2D eigenvalue weighted by atomic mass is 9.95. The molecule has 0 saturated carbocycles. The highest BCUT2D eigenvalue weighted by Crippen LogP contribution is 2.46. The molecule has 1 atom stereocenters. The maximum atomic E-state index is 12.1. The SMILES string of the molecule is CCCCc1cccc2c1-c1ccccc1C2=CCOc1ccc(CC(OCC)C(=O)OCC)cc1. The average Bonchev–Trinajstić information content (AvgIpc) is 3.22. The second kappa shape index (κ2) is 12.5. The van der Waals surface area contributed by atoms with E-state index >= 15 is 0 Å². The molecule has 1 aliphatic carbocycles. The quantitative estimate of drug-likeness (QED) is 0.203. The van der Waals surface area contributed by atoms with Gasteiger partial charge in [0.2, 0.25) is 0 Å². The van der Waals surface area contributed by atoms with E-state index in [1.54, 1.807) is 6.92 Å². The van der Waals surface area contributed by atoms with Gasteiger partial charge >= 0.3 is 5.97 Å². The molecule has 3 aromatic rings. The fraction of sp³-hybridized carbons (Fsp3) is 0.344. The highest BCUT2D eigenvalue weighted by atomic mass is 16.6. The Morgan fingerprint density at radius 2 is 1.61 bits per heavy atom. The van der Waals surface area contributed by atoms with Crippen molar-refractivity contribution in [3.05, 3.63) is 95.1 Å². The number of carbonyl (C=O) groups excluding carboxylic acids is 1. The van der Waals surface area contributed by atoms with Crippen molar-refractivity contribution in [2.45, 2.75) is 52.6 Å². The number of esters is 1. The van der Waals surface area contributed by atoms with Gasteiger partial charge in [-0.05, 0) is 83.9 Å². The van der Waals surface area contributed by atoms with E-state index in [0.717, 1.165) is 17.7 Å². The van der Waals surface area contributed by atoms with E-state index in [0.29, 0.717) is 26.2 Å². The largest absolute Gasteiger partial charge is 0.490 e. The van der Waals surface area contributed by atoms with Gasteiger partial charge in [0.05, 0.1) is 6.61 Å². The van der Waals surface area contributed by atoms with Crippen molar-refractivity contribution in [3.8, 4) is 16.9 Å². The van der Waals surface area contributed by atoms with Crippen molar-refractivity contribution in [1.29, 1.82) is 0 Å². The molecule has 4 heteroatoms. The highest BCUT2D eigenvalue weighted by Gasteiger charge is 2.25. The molecule has 0 radical (unpaired) electrons. The van der Waals surface area contributed by atoms with Crippen molar-refractivity contribution in [2.24, 2.45) is 0 Å². The second-order valence-electron chi connectivity index (χ2n) is 8.96. The monoisotopic (exact) mass is 484 g/mol. The van der Waals surface area contributed by atoms with Gasteiger partial charge in [-0.1, -0.05) is 67.9 Å². The third kappa shape index (κ3) is 5.88. The standard InChI is InChI=1S/C32H36O4/c1-4-7-11-24-12-10-15-29-27(26-13-8-9-14-28(26)31(24)29)20-21-36-25-18-16-23(17-19-25)22-30(34-5-2)32(33)35-6-3/h8-10,12-20,30H,4-7,11,21-22H2,1-3H3. The maximum absolute atomic E-state index is 12.1. The first kappa shape index (κ1) is 25.7. The Bertz CT molecular complexity index is 1190. The summed E-state index contributed by atoms with van der Waals surface area (Å²) in [5.41, 5.74) is 8.94. The third-order valence-corrected chi connectivity index (χ3v) is 6.53. The molecule has 0 saturated heterocycles. The zero-order valence-corrected chi connectivity index (χ0v) is 21.6. The van der Waals surface area contributed by atoms with Crippen molar-refractivity contribution >= 4 is 11.5 Å². The van der Waals surface area contributed by atoms with Gasteiger partial charge in [0.15, 0.2) is 6.10 Å². The average molecular weight is 485 g/mol. The molecule has 0 aromatic heterocycles. The van der Waals surface area contributed by atoms with Crippen molar-refractivity contribution in [1.82, 2.24) is 0 Å². The van der Waals surface area contributed by atoms with E-state index in [4.69, 9.17) is 14.2 Å². The zero-order chi connectivity index (χ0) is 25.3. The van der Waals surface area contributed by atoms with Crippen LogP contribution in [0.3, 0.4) is 0 Å². The number of ether oxygens (including phenoxy) is 3. The number of aryl methyl sites for hydroxylation is 1. The molecular weight excluding hydrogens is 448 g/mol. The van der Waals surface area contributed by atoms with Gasteiger partial charge in [0, 0.05) is 13.0 Å². The molecule has 0 amide bonds. The Labute approximate surface area is 214 Å². The van der Waals surface area contributed by atoms with Crippen LogP contribution in [-0.4, -0.2) is 31.9 Å².